The summed E-state index contributed by atoms with van der Waals surface area (Å²) in [6, 6.07) is 33.0. The molecule has 0 bridgehead atoms. The van der Waals surface area contributed by atoms with Crippen LogP contribution in [0.5, 0.6) is 5.75 Å². The zero-order chi connectivity index (χ0) is 59.8. The Labute approximate surface area is 494 Å². The number of rotatable bonds is 19. The number of aryl methyl sites for hydroxylation is 2. The molecule has 2 aliphatic heterocycles. The molecule has 5 aromatic carbocycles. The minimum atomic E-state index is -0.981. The van der Waals surface area contributed by atoms with Crippen LogP contribution in [0, 0.1) is 5.41 Å². The molecule has 9 atom stereocenters. The number of likely N-dealkylation sites (tertiary alicyclic amines) is 1. The van der Waals surface area contributed by atoms with Crippen molar-refractivity contribution in [2.45, 2.75) is 160 Å². The molecule has 1 fully saturated rings. The maximum absolute atomic E-state index is 15.1. The first-order chi connectivity index (χ1) is 40.3. The van der Waals surface area contributed by atoms with Gasteiger partial charge in [0.25, 0.3) is 5.91 Å². The van der Waals surface area contributed by atoms with Crippen molar-refractivity contribution in [3.63, 3.8) is 0 Å². The summed E-state index contributed by atoms with van der Waals surface area (Å²) in [6.07, 6.45) is 6.07. The quantitative estimate of drug-likeness (QED) is 0.0535. The molecule has 4 aliphatic rings. The number of amides is 7. The lowest BCUT2D eigenvalue weighted by molar-refractivity contribution is -0.149. The van der Waals surface area contributed by atoms with E-state index in [1.54, 1.807) is 45.0 Å². The minimum absolute atomic E-state index is 0.0725. The molecule has 2 aliphatic carbocycles. The molecule has 17 nitrogen and oxygen atoms in total. The Balaban J connectivity index is 0.850. The molecule has 7 unspecified atom stereocenters. The molecule has 9 rings (SSSR count). The number of hydrogen-bond acceptors (Lipinski definition) is 10. The molecule has 6 N–H and O–H groups in total. The Morgan fingerprint density at radius 1 is 0.643 bits per heavy atom. The number of likely N-dealkylation sites (N-methyl/N-ethyl adjacent to an activating group) is 3. The lowest BCUT2D eigenvalue weighted by atomic mass is 9.85. The highest BCUT2D eigenvalue weighted by Gasteiger charge is 2.47. The third-order valence-corrected chi connectivity index (χ3v) is 17.5. The summed E-state index contributed by atoms with van der Waals surface area (Å²) in [4.78, 5) is 105. The van der Waals surface area contributed by atoms with Crippen LogP contribution in [-0.2, 0) is 67.6 Å². The van der Waals surface area contributed by atoms with E-state index >= 15 is 4.79 Å². The smallest absolute Gasteiger partial charge is 0.251 e. The summed E-state index contributed by atoms with van der Waals surface area (Å²) in [5.74, 6) is -1.64. The van der Waals surface area contributed by atoms with Gasteiger partial charge in [0.1, 0.15) is 36.5 Å². The summed E-state index contributed by atoms with van der Waals surface area (Å²) < 4.78 is 6.21. The standard InChI is InChI=1S/C67H83N9O8/c1-41(68-6)60(77)72-55(64(81)75-38-49-20-10-9-19-48(49)36-58(75)65(82)74(8)56-26-16-22-46-18-12-14-24-53(46)56)35-43-29-33-51(34-30-43)84-40-44-27-31-47(32-28-44)62(79)70-50-37-57(63(80)71-54-25-15-21-45-17-11-13-23-52(45)54)76(39-50)66(83)59(67(3,4)5)73-61(78)42(2)69-7/h9-14,17-20,23-24,27-34,41-42,50,54-59,68-69H,15-16,21-22,25-26,35-40H2,1-8H3,(H,70,79)(H,71,80)(H,72,77)(H,73,78)/t41-,42-,50?,54?,55?,56?,57?,58?,59?/m0/s1. The number of carbonyl (C=O) groups is 7. The first-order valence-electron chi connectivity index (χ1n) is 29.8. The van der Waals surface area contributed by atoms with Crippen LogP contribution in [0.25, 0.3) is 0 Å². The number of carbonyl (C=O) groups excluding carboxylic acids is 7. The van der Waals surface area contributed by atoms with Crippen molar-refractivity contribution >= 4 is 41.4 Å². The Kier molecular flexibility index (Phi) is 19.4. The summed E-state index contributed by atoms with van der Waals surface area (Å²) in [5.41, 5.74) is 7.89. The molecular formula is C67H83N9O8. The van der Waals surface area contributed by atoms with E-state index in [-0.39, 0.29) is 80.1 Å². The van der Waals surface area contributed by atoms with Gasteiger partial charge < -0.3 is 51.3 Å². The number of ether oxygens (including phenoxy) is 1. The molecule has 0 saturated carbocycles. The molecule has 7 amide bonds. The molecule has 2 heterocycles. The van der Waals surface area contributed by atoms with E-state index in [0.717, 1.165) is 71.9 Å². The van der Waals surface area contributed by atoms with Crippen LogP contribution >= 0.6 is 0 Å². The highest BCUT2D eigenvalue weighted by atomic mass is 16.5. The van der Waals surface area contributed by atoms with Gasteiger partial charge in [0.15, 0.2) is 0 Å². The van der Waals surface area contributed by atoms with Crippen LogP contribution in [0.15, 0.2) is 121 Å². The first kappa shape index (κ1) is 60.7. The normalized spacial score (nSPS) is 20.5. The second-order valence-corrected chi connectivity index (χ2v) is 24.3. The van der Waals surface area contributed by atoms with Crippen molar-refractivity contribution in [2.24, 2.45) is 5.41 Å². The van der Waals surface area contributed by atoms with E-state index in [0.29, 0.717) is 17.7 Å². The number of benzene rings is 5. The minimum Gasteiger partial charge on any atom is -0.489 e. The maximum atomic E-state index is 15.1. The van der Waals surface area contributed by atoms with E-state index in [1.807, 2.05) is 124 Å². The van der Waals surface area contributed by atoms with E-state index in [2.05, 4.69) is 50.1 Å². The van der Waals surface area contributed by atoms with Gasteiger partial charge in [-0.05, 0) is 147 Å². The third kappa shape index (κ3) is 14.0. The van der Waals surface area contributed by atoms with Crippen molar-refractivity contribution in [1.82, 2.24) is 46.6 Å². The van der Waals surface area contributed by atoms with Crippen LogP contribution in [0.2, 0.25) is 0 Å². The van der Waals surface area contributed by atoms with Crippen molar-refractivity contribution < 1.29 is 38.3 Å². The van der Waals surface area contributed by atoms with Crippen LogP contribution in [-0.4, -0.2) is 126 Å². The number of nitrogens with zero attached hydrogens (tertiary/aromatic N) is 3. The van der Waals surface area contributed by atoms with Gasteiger partial charge in [-0.2, -0.15) is 0 Å². The molecule has 5 aromatic rings. The zero-order valence-corrected chi connectivity index (χ0v) is 49.8. The lowest BCUT2D eigenvalue weighted by Crippen LogP contribution is -2.59. The SMILES string of the molecule is CN[C@@H](C)C(=O)NC(Cc1ccc(OCc2ccc(C(=O)NC3CC(C(=O)NC4CCCc5ccccc54)N(C(=O)C(NC(=O)[C@H](C)NC)C(C)(C)C)C3)cc2)cc1)C(=O)N1Cc2ccccc2CC1C(=O)N(C)C1CCCc2ccccc21. The van der Waals surface area contributed by atoms with E-state index < -0.39 is 53.6 Å². The monoisotopic (exact) mass is 1140 g/mol. The largest absolute Gasteiger partial charge is 0.489 e. The van der Waals surface area contributed by atoms with Crippen LogP contribution in [0.3, 0.4) is 0 Å². The van der Waals surface area contributed by atoms with Crippen molar-refractivity contribution in [3.8, 4) is 5.75 Å². The summed E-state index contributed by atoms with van der Waals surface area (Å²) in [5, 5.41) is 18.2. The zero-order valence-electron chi connectivity index (χ0n) is 49.8. The molecule has 84 heavy (non-hydrogen) atoms. The molecule has 0 aromatic heterocycles. The van der Waals surface area contributed by atoms with Crippen molar-refractivity contribution in [1.29, 1.82) is 0 Å². The van der Waals surface area contributed by atoms with Gasteiger partial charge in [0, 0.05) is 44.6 Å². The highest BCUT2D eigenvalue weighted by Crippen LogP contribution is 2.36. The molecule has 0 radical (unpaired) electrons. The van der Waals surface area contributed by atoms with Crippen LogP contribution in [0.1, 0.15) is 134 Å². The fourth-order valence-corrected chi connectivity index (χ4v) is 12.3. The van der Waals surface area contributed by atoms with E-state index in [1.165, 1.54) is 16.0 Å². The molecule has 17 heteroatoms. The van der Waals surface area contributed by atoms with Crippen molar-refractivity contribution in [3.05, 3.63) is 171 Å². The molecule has 1 saturated heterocycles. The average Bonchev–Trinajstić information content (AvgIpc) is 3.20. The van der Waals surface area contributed by atoms with E-state index in [9.17, 15) is 28.8 Å². The van der Waals surface area contributed by atoms with Crippen molar-refractivity contribution in [2.75, 3.05) is 27.7 Å². The van der Waals surface area contributed by atoms with Crippen LogP contribution < -0.4 is 36.6 Å². The average molecular weight is 1140 g/mol. The Hall–Kier alpha value is -7.89. The van der Waals surface area contributed by atoms with Gasteiger partial charge in [0.2, 0.25) is 35.4 Å². The van der Waals surface area contributed by atoms with Gasteiger partial charge in [-0.25, -0.2) is 0 Å². The summed E-state index contributed by atoms with van der Waals surface area (Å²) in [6.45, 7) is 9.55. The first-order valence-corrected chi connectivity index (χ1v) is 29.8. The molecule has 0 spiro atoms. The predicted octanol–water partition coefficient (Wildman–Crippen LogP) is 6.42. The number of fused-ring (bicyclic) bond motifs is 3. The Morgan fingerprint density at radius 3 is 1.88 bits per heavy atom. The highest BCUT2D eigenvalue weighted by molar-refractivity contribution is 5.97. The fraction of sp³-hybridized carbons (Fsp3) is 0.448. The Bertz CT molecular complexity index is 3200. The van der Waals surface area contributed by atoms with Crippen LogP contribution in [0.4, 0.5) is 0 Å². The second-order valence-electron chi connectivity index (χ2n) is 24.3. The van der Waals surface area contributed by atoms with E-state index in [4.69, 9.17) is 4.74 Å². The van der Waals surface area contributed by atoms with Gasteiger partial charge in [-0.1, -0.05) is 118 Å². The lowest BCUT2D eigenvalue weighted by Gasteiger charge is -2.42. The van der Waals surface area contributed by atoms with Gasteiger partial charge >= 0.3 is 0 Å². The topological polar surface area (TPSA) is 211 Å². The number of hydrogen-bond donors (Lipinski definition) is 6. The number of nitrogens with one attached hydrogen (secondary N) is 6. The predicted molar refractivity (Wildman–Crippen MR) is 322 cm³/mol. The van der Waals surface area contributed by atoms with Gasteiger partial charge in [-0.3, -0.25) is 33.6 Å². The summed E-state index contributed by atoms with van der Waals surface area (Å²) in [7, 11) is 5.21. The molecular weight excluding hydrogens is 1060 g/mol. The third-order valence-electron chi connectivity index (χ3n) is 17.5. The maximum Gasteiger partial charge on any atom is 0.251 e. The fourth-order valence-electron chi connectivity index (χ4n) is 12.3. The van der Waals surface area contributed by atoms with Gasteiger partial charge in [-0.15, -0.1) is 0 Å². The second kappa shape index (κ2) is 26.8. The van der Waals surface area contributed by atoms with Gasteiger partial charge in [0.05, 0.1) is 24.2 Å². The molecule has 444 valence electrons. The Morgan fingerprint density at radius 2 is 1.23 bits per heavy atom. The summed E-state index contributed by atoms with van der Waals surface area (Å²) >= 11 is 0.